The van der Waals surface area contributed by atoms with Crippen molar-refractivity contribution in [3.05, 3.63) is 69.7 Å². The third kappa shape index (κ3) is 6.42. The molecule has 1 N–H and O–H groups in total. The second-order valence-electron chi connectivity index (χ2n) is 6.00. The van der Waals surface area contributed by atoms with Crippen LogP contribution >= 0.6 is 23.2 Å². The molecule has 2 unspecified atom stereocenters. The minimum absolute atomic E-state index is 0.0847. The van der Waals surface area contributed by atoms with Gasteiger partial charge in [-0.25, -0.2) is 0 Å². The van der Waals surface area contributed by atoms with Crippen LogP contribution in [0.1, 0.15) is 24.2 Å². The van der Waals surface area contributed by atoms with E-state index in [9.17, 15) is 5.11 Å². The molecular formula is C19H23Cl2NO2. The summed E-state index contributed by atoms with van der Waals surface area (Å²) >= 11 is 11.8. The second-order valence-corrected chi connectivity index (χ2v) is 6.88. The zero-order valence-corrected chi connectivity index (χ0v) is 15.5. The fourth-order valence-electron chi connectivity index (χ4n) is 2.46. The Labute approximate surface area is 153 Å². The van der Waals surface area contributed by atoms with Crippen LogP contribution in [0.2, 0.25) is 10.0 Å². The normalized spacial score (nSPS) is 13.9. The van der Waals surface area contributed by atoms with Crippen molar-refractivity contribution >= 4 is 23.2 Å². The molecule has 0 aromatic heterocycles. The molecule has 0 aliphatic carbocycles. The third-order valence-corrected chi connectivity index (χ3v) is 4.27. The maximum Gasteiger partial charge on any atom is 0.0900 e. The molecule has 130 valence electrons. The van der Waals surface area contributed by atoms with Crippen molar-refractivity contribution in [2.24, 2.45) is 0 Å². The first-order valence-electron chi connectivity index (χ1n) is 7.92. The zero-order valence-electron chi connectivity index (χ0n) is 14.0. The smallest absolute Gasteiger partial charge is 0.0900 e. The number of rotatable bonds is 8. The summed E-state index contributed by atoms with van der Waals surface area (Å²) in [6.45, 7) is 3.54. The van der Waals surface area contributed by atoms with Gasteiger partial charge >= 0.3 is 0 Å². The van der Waals surface area contributed by atoms with Crippen molar-refractivity contribution in [3.63, 3.8) is 0 Å². The largest absolute Gasteiger partial charge is 0.389 e. The van der Waals surface area contributed by atoms with Gasteiger partial charge in [0.15, 0.2) is 0 Å². The van der Waals surface area contributed by atoms with Crippen LogP contribution in [0.25, 0.3) is 0 Å². The summed E-state index contributed by atoms with van der Waals surface area (Å²) in [6.07, 6.45) is -0.629. The van der Waals surface area contributed by atoms with Crippen molar-refractivity contribution in [1.29, 1.82) is 0 Å². The number of likely N-dealkylation sites (N-methyl/N-ethyl adjacent to an activating group) is 1. The van der Waals surface area contributed by atoms with E-state index in [2.05, 4.69) is 4.90 Å². The Morgan fingerprint density at radius 2 is 1.54 bits per heavy atom. The summed E-state index contributed by atoms with van der Waals surface area (Å²) in [7, 11) is 1.97. The van der Waals surface area contributed by atoms with Crippen molar-refractivity contribution < 1.29 is 9.84 Å². The lowest BCUT2D eigenvalue weighted by Crippen LogP contribution is -2.32. The van der Waals surface area contributed by atoms with Crippen LogP contribution in [0.4, 0.5) is 0 Å². The average molecular weight is 368 g/mol. The SMILES string of the molecule is CC(OCC(O)CN(C)Cc1ccc(Cl)cc1)c1ccc(Cl)cc1. The lowest BCUT2D eigenvalue weighted by atomic mass is 10.1. The summed E-state index contributed by atoms with van der Waals surface area (Å²) in [5.74, 6) is 0. The van der Waals surface area contributed by atoms with Gasteiger partial charge in [-0.1, -0.05) is 47.5 Å². The zero-order chi connectivity index (χ0) is 17.5. The molecule has 0 radical (unpaired) electrons. The molecule has 0 saturated carbocycles. The van der Waals surface area contributed by atoms with E-state index in [0.29, 0.717) is 11.6 Å². The topological polar surface area (TPSA) is 32.7 Å². The van der Waals surface area contributed by atoms with Gasteiger partial charge in [0.2, 0.25) is 0 Å². The van der Waals surface area contributed by atoms with Crippen LogP contribution < -0.4 is 0 Å². The van der Waals surface area contributed by atoms with Gasteiger partial charge in [0.25, 0.3) is 0 Å². The van der Waals surface area contributed by atoms with Gasteiger partial charge in [-0.05, 0) is 49.4 Å². The van der Waals surface area contributed by atoms with Gasteiger partial charge in [0, 0.05) is 23.1 Å². The lowest BCUT2D eigenvalue weighted by molar-refractivity contribution is -0.0138. The molecule has 24 heavy (non-hydrogen) atoms. The quantitative estimate of drug-likeness (QED) is 0.741. The molecule has 2 aromatic rings. The molecule has 3 nitrogen and oxygen atoms in total. The number of ether oxygens (including phenoxy) is 1. The van der Waals surface area contributed by atoms with Gasteiger partial charge in [0.05, 0.1) is 18.8 Å². The Kier molecular flexibility index (Phi) is 7.53. The van der Waals surface area contributed by atoms with Crippen LogP contribution in [-0.2, 0) is 11.3 Å². The van der Waals surface area contributed by atoms with E-state index in [4.69, 9.17) is 27.9 Å². The maximum atomic E-state index is 10.2. The highest BCUT2D eigenvalue weighted by atomic mass is 35.5. The predicted molar refractivity (Wildman–Crippen MR) is 99.6 cm³/mol. The minimum Gasteiger partial charge on any atom is -0.389 e. The van der Waals surface area contributed by atoms with Crippen LogP contribution in [0, 0.1) is 0 Å². The first-order valence-corrected chi connectivity index (χ1v) is 8.67. The van der Waals surface area contributed by atoms with E-state index in [0.717, 1.165) is 22.7 Å². The van der Waals surface area contributed by atoms with E-state index in [-0.39, 0.29) is 12.7 Å². The summed E-state index contributed by atoms with van der Waals surface area (Å²) in [6, 6.07) is 15.3. The van der Waals surface area contributed by atoms with E-state index < -0.39 is 6.10 Å². The van der Waals surface area contributed by atoms with Gasteiger partial charge < -0.3 is 9.84 Å². The Bertz CT molecular complexity index is 616. The Balaban J connectivity index is 1.74. The van der Waals surface area contributed by atoms with Crippen LogP contribution in [0.15, 0.2) is 48.5 Å². The van der Waals surface area contributed by atoms with Gasteiger partial charge in [-0.2, -0.15) is 0 Å². The summed E-state index contributed by atoms with van der Waals surface area (Å²) in [5.41, 5.74) is 2.20. The predicted octanol–water partition coefficient (Wildman–Crippen LogP) is 4.56. The fraction of sp³-hybridized carbons (Fsp3) is 0.368. The van der Waals surface area contributed by atoms with E-state index in [1.165, 1.54) is 0 Å². The first-order chi connectivity index (χ1) is 11.4. The molecule has 0 amide bonds. The van der Waals surface area contributed by atoms with Gasteiger partial charge in [0.1, 0.15) is 0 Å². The molecule has 0 aliphatic rings. The van der Waals surface area contributed by atoms with Gasteiger partial charge in [-0.3, -0.25) is 4.90 Å². The molecule has 0 aliphatic heterocycles. The molecule has 2 rings (SSSR count). The van der Waals surface area contributed by atoms with E-state index >= 15 is 0 Å². The molecule has 0 saturated heterocycles. The Morgan fingerprint density at radius 3 is 2.12 bits per heavy atom. The molecule has 0 fully saturated rings. The van der Waals surface area contributed by atoms with E-state index in [1.54, 1.807) is 0 Å². The van der Waals surface area contributed by atoms with Gasteiger partial charge in [-0.15, -0.1) is 0 Å². The molecular weight excluding hydrogens is 345 g/mol. The number of benzene rings is 2. The van der Waals surface area contributed by atoms with Crippen molar-refractivity contribution in [3.8, 4) is 0 Å². The summed E-state index contributed by atoms with van der Waals surface area (Å²) in [5, 5.41) is 11.6. The number of aliphatic hydroxyl groups excluding tert-OH is 1. The number of nitrogens with zero attached hydrogens (tertiary/aromatic N) is 1. The van der Waals surface area contributed by atoms with Crippen LogP contribution in [-0.4, -0.2) is 36.3 Å². The van der Waals surface area contributed by atoms with Crippen molar-refractivity contribution in [2.75, 3.05) is 20.2 Å². The molecule has 5 heteroatoms. The molecule has 0 spiro atoms. The first kappa shape index (κ1) is 19.2. The summed E-state index contributed by atoms with van der Waals surface area (Å²) in [4.78, 5) is 2.06. The highest BCUT2D eigenvalue weighted by Gasteiger charge is 2.12. The molecule has 2 atom stereocenters. The number of halogens is 2. The lowest BCUT2D eigenvalue weighted by Gasteiger charge is -2.22. The third-order valence-electron chi connectivity index (χ3n) is 3.77. The molecule has 0 heterocycles. The second kappa shape index (κ2) is 9.40. The number of aliphatic hydroxyl groups is 1. The Morgan fingerprint density at radius 1 is 1.00 bits per heavy atom. The fourth-order valence-corrected chi connectivity index (χ4v) is 2.72. The standard InChI is InChI=1S/C19H23Cl2NO2/c1-14(16-5-9-18(21)10-6-16)24-13-19(23)12-22(2)11-15-3-7-17(20)8-4-15/h3-10,14,19,23H,11-13H2,1-2H3. The molecule has 0 bridgehead atoms. The highest BCUT2D eigenvalue weighted by Crippen LogP contribution is 2.19. The Hall–Kier alpha value is -1.10. The van der Waals surface area contributed by atoms with Crippen LogP contribution in [0.3, 0.4) is 0 Å². The van der Waals surface area contributed by atoms with E-state index in [1.807, 2.05) is 62.5 Å². The maximum absolute atomic E-state index is 10.2. The minimum atomic E-state index is -0.544. The number of hydrogen-bond acceptors (Lipinski definition) is 3. The summed E-state index contributed by atoms with van der Waals surface area (Å²) < 4.78 is 5.76. The van der Waals surface area contributed by atoms with Crippen molar-refractivity contribution in [1.82, 2.24) is 4.90 Å². The highest BCUT2D eigenvalue weighted by molar-refractivity contribution is 6.30. The number of hydrogen-bond donors (Lipinski definition) is 1. The average Bonchev–Trinajstić information content (AvgIpc) is 2.55. The monoisotopic (exact) mass is 367 g/mol. The van der Waals surface area contributed by atoms with Crippen LogP contribution in [0.5, 0.6) is 0 Å². The van der Waals surface area contributed by atoms with Crippen molar-refractivity contribution in [2.45, 2.75) is 25.7 Å². The molecule has 2 aromatic carbocycles.